The van der Waals surface area contributed by atoms with Gasteiger partial charge in [0.1, 0.15) is 4.90 Å². The van der Waals surface area contributed by atoms with Crippen LogP contribution in [0.2, 0.25) is 5.02 Å². The van der Waals surface area contributed by atoms with Gasteiger partial charge in [-0.15, -0.1) is 0 Å². The van der Waals surface area contributed by atoms with Crippen molar-refractivity contribution in [2.45, 2.75) is 17.4 Å². The highest BCUT2D eigenvalue weighted by atomic mass is 35.5. The number of carboxylic acid groups (broad SMARTS) is 1. The predicted molar refractivity (Wildman–Crippen MR) is 75.8 cm³/mol. The molecular formula is C11H12ClNO6S2. The van der Waals surface area contributed by atoms with Gasteiger partial charge in [0.15, 0.2) is 9.84 Å². The standard InChI is InChI=1S/C11H12ClNO6S2/c12-9-2-1-7(11(14)15)5-10(9)21(18,19)13-8-3-4-20(16,17)6-8/h1-2,5,8,13H,3-4,6H2,(H,14,15)/t8-/m0/s1. The van der Waals surface area contributed by atoms with Crippen LogP contribution in [0.1, 0.15) is 16.8 Å². The Labute approximate surface area is 126 Å². The minimum Gasteiger partial charge on any atom is -0.478 e. The van der Waals surface area contributed by atoms with Gasteiger partial charge in [0.05, 0.1) is 22.1 Å². The maximum absolute atomic E-state index is 12.2. The van der Waals surface area contributed by atoms with Gasteiger partial charge in [0, 0.05) is 6.04 Å². The number of hydrogen-bond donors (Lipinski definition) is 2. The van der Waals surface area contributed by atoms with E-state index < -0.39 is 31.9 Å². The van der Waals surface area contributed by atoms with Gasteiger partial charge >= 0.3 is 5.97 Å². The first kappa shape index (κ1) is 16.2. The Morgan fingerprint density at radius 3 is 2.57 bits per heavy atom. The molecule has 21 heavy (non-hydrogen) atoms. The summed E-state index contributed by atoms with van der Waals surface area (Å²) in [5.74, 6) is -1.64. The monoisotopic (exact) mass is 353 g/mol. The van der Waals surface area contributed by atoms with Crippen LogP contribution in [-0.4, -0.2) is 45.5 Å². The fourth-order valence-corrected chi connectivity index (χ4v) is 5.59. The molecule has 0 amide bonds. The van der Waals surface area contributed by atoms with E-state index in [0.29, 0.717) is 0 Å². The number of aromatic carboxylic acids is 1. The van der Waals surface area contributed by atoms with E-state index in [1.807, 2.05) is 0 Å². The molecule has 116 valence electrons. The van der Waals surface area contributed by atoms with Crippen LogP contribution in [0.15, 0.2) is 23.1 Å². The predicted octanol–water partition coefficient (Wildman–Crippen LogP) is 0.504. The van der Waals surface area contributed by atoms with Crippen molar-refractivity contribution < 1.29 is 26.7 Å². The molecule has 7 nitrogen and oxygen atoms in total. The summed E-state index contributed by atoms with van der Waals surface area (Å²) >= 11 is 5.80. The Bertz CT molecular complexity index is 787. The second-order valence-electron chi connectivity index (χ2n) is 4.67. The molecule has 0 spiro atoms. The number of halogens is 1. The molecule has 1 heterocycles. The minimum atomic E-state index is -4.09. The summed E-state index contributed by atoms with van der Waals surface area (Å²) in [4.78, 5) is 10.5. The highest BCUT2D eigenvalue weighted by Gasteiger charge is 2.32. The van der Waals surface area contributed by atoms with Crippen molar-refractivity contribution in [2.75, 3.05) is 11.5 Å². The number of benzene rings is 1. The Morgan fingerprint density at radius 1 is 1.38 bits per heavy atom. The Hall–Kier alpha value is -1.16. The van der Waals surface area contributed by atoms with Crippen LogP contribution in [0.4, 0.5) is 0 Å². The second-order valence-corrected chi connectivity index (χ2v) is 8.99. The normalized spacial score (nSPS) is 21.3. The van der Waals surface area contributed by atoms with Crippen LogP contribution in [0.5, 0.6) is 0 Å². The van der Waals surface area contributed by atoms with Gasteiger partial charge in [0.2, 0.25) is 10.0 Å². The SMILES string of the molecule is O=C(O)c1ccc(Cl)c(S(=O)(=O)N[C@H]2CCS(=O)(=O)C2)c1. The number of sulfonamides is 1. The fraction of sp³-hybridized carbons (Fsp3) is 0.364. The molecule has 1 atom stereocenters. The maximum Gasteiger partial charge on any atom is 0.335 e. The van der Waals surface area contributed by atoms with E-state index in [-0.39, 0.29) is 33.4 Å². The summed E-state index contributed by atoms with van der Waals surface area (Å²) in [5.41, 5.74) is -0.223. The third-order valence-electron chi connectivity index (χ3n) is 3.02. The molecule has 1 aliphatic rings. The van der Waals surface area contributed by atoms with E-state index in [9.17, 15) is 21.6 Å². The van der Waals surface area contributed by atoms with E-state index in [1.165, 1.54) is 12.1 Å². The van der Waals surface area contributed by atoms with Gasteiger partial charge in [-0.05, 0) is 24.6 Å². The summed E-state index contributed by atoms with van der Waals surface area (Å²) in [5, 5.41) is 8.75. The molecule has 1 aliphatic heterocycles. The van der Waals surface area contributed by atoms with E-state index >= 15 is 0 Å². The molecular weight excluding hydrogens is 342 g/mol. The maximum atomic E-state index is 12.2. The third-order valence-corrected chi connectivity index (χ3v) is 6.79. The number of carbonyl (C=O) groups is 1. The van der Waals surface area contributed by atoms with Crippen molar-refractivity contribution in [3.63, 3.8) is 0 Å². The summed E-state index contributed by atoms with van der Waals surface area (Å²) in [6.45, 7) is 0. The van der Waals surface area contributed by atoms with Crippen LogP contribution < -0.4 is 4.72 Å². The van der Waals surface area contributed by atoms with E-state index in [0.717, 1.165) is 6.07 Å². The fourth-order valence-electron chi connectivity index (χ4n) is 2.01. The van der Waals surface area contributed by atoms with Gasteiger partial charge in [-0.3, -0.25) is 0 Å². The van der Waals surface area contributed by atoms with Crippen molar-refractivity contribution in [1.29, 1.82) is 0 Å². The highest BCUT2D eigenvalue weighted by Crippen LogP contribution is 2.24. The van der Waals surface area contributed by atoms with Crippen molar-refractivity contribution in [3.8, 4) is 0 Å². The van der Waals surface area contributed by atoms with Crippen LogP contribution in [-0.2, 0) is 19.9 Å². The van der Waals surface area contributed by atoms with Crippen molar-refractivity contribution in [2.24, 2.45) is 0 Å². The highest BCUT2D eigenvalue weighted by molar-refractivity contribution is 7.92. The largest absolute Gasteiger partial charge is 0.478 e. The molecule has 10 heteroatoms. The lowest BCUT2D eigenvalue weighted by Crippen LogP contribution is -2.35. The topological polar surface area (TPSA) is 118 Å². The summed E-state index contributed by atoms with van der Waals surface area (Å²) < 4.78 is 49.3. The van der Waals surface area contributed by atoms with Gasteiger partial charge < -0.3 is 5.11 Å². The lowest BCUT2D eigenvalue weighted by atomic mass is 10.2. The van der Waals surface area contributed by atoms with Gasteiger partial charge in [0.25, 0.3) is 0 Å². The summed E-state index contributed by atoms with van der Waals surface area (Å²) in [6.07, 6.45) is 0.178. The molecule has 2 rings (SSSR count). The van der Waals surface area contributed by atoms with E-state index in [2.05, 4.69) is 4.72 Å². The summed E-state index contributed by atoms with van der Waals surface area (Å²) in [6, 6.07) is 2.56. The molecule has 0 aromatic heterocycles. The zero-order chi connectivity index (χ0) is 15.8. The average molecular weight is 354 g/mol. The lowest BCUT2D eigenvalue weighted by molar-refractivity contribution is 0.0696. The molecule has 0 bridgehead atoms. The first-order valence-corrected chi connectivity index (χ1v) is 9.54. The first-order chi connectivity index (χ1) is 9.61. The van der Waals surface area contributed by atoms with Gasteiger partial charge in [-0.1, -0.05) is 11.6 Å². The smallest absolute Gasteiger partial charge is 0.335 e. The first-order valence-electron chi connectivity index (χ1n) is 5.86. The quantitative estimate of drug-likeness (QED) is 0.814. The van der Waals surface area contributed by atoms with Crippen LogP contribution in [0.3, 0.4) is 0 Å². The number of hydrogen-bond acceptors (Lipinski definition) is 5. The number of nitrogens with one attached hydrogen (secondary N) is 1. The molecule has 0 aliphatic carbocycles. The third kappa shape index (κ3) is 3.73. The van der Waals surface area contributed by atoms with Crippen molar-refractivity contribution >= 4 is 37.4 Å². The molecule has 1 aromatic rings. The molecule has 2 N–H and O–H groups in total. The van der Waals surface area contributed by atoms with Crippen LogP contribution in [0, 0.1) is 0 Å². The Morgan fingerprint density at radius 2 is 2.05 bits per heavy atom. The van der Waals surface area contributed by atoms with E-state index in [4.69, 9.17) is 16.7 Å². The zero-order valence-electron chi connectivity index (χ0n) is 10.6. The molecule has 1 fully saturated rings. The minimum absolute atomic E-state index is 0.0803. The number of sulfone groups is 1. The lowest BCUT2D eigenvalue weighted by Gasteiger charge is -2.13. The molecule has 0 unspecified atom stereocenters. The average Bonchev–Trinajstić information content (AvgIpc) is 2.67. The molecule has 1 saturated heterocycles. The Balaban J connectivity index is 2.32. The van der Waals surface area contributed by atoms with Gasteiger partial charge in [-0.25, -0.2) is 26.4 Å². The Kier molecular flexibility index (Phi) is 4.29. The molecule has 1 aromatic carbocycles. The second kappa shape index (κ2) is 5.56. The van der Waals surface area contributed by atoms with Crippen LogP contribution in [0.25, 0.3) is 0 Å². The summed E-state index contributed by atoms with van der Waals surface area (Å²) in [7, 11) is -7.33. The van der Waals surface area contributed by atoms with Gasteiger partial charge in [-0.2, -0.15) is 0 Å². The molecule has 0 radical (unpaired) electrons. The van der Waals surface area contributed by atoms with E-state index in [1.54, 1.807) is 0 Å². The number of rotatable bonds is 4. The zero-order valence-corrected chi connectivity index (χ0v) is 13.0. The van der Waals surface area contributed by atoms with Crippen molar-refractivity contribution in [3.05, 3.63) is 28.8 Å². The van der Waals surface area contributed by atoms with Crippen molar-refractivity contribution in [1.82, 2.24) is 4.72 Å². The molecule has 0 saturated carbocycles. The number of carboxylic acids is 1. The van der Waals surface area contributed by atoms with Crippen LogP contribution >= 0.6 is 11.6 Å².